The van der Waals surface area contributed by atoms with E-state index in [4.69, 9.17) is 9.15 Å². The molecule has 8 nitrogen and oxygen atoms in total. The number of rotatable bonds is 8. The van der Waals surface area contributed by atoms with E-state index in [1.807, 2.05) is 31.2 Å². The normalized spacial score (nSPS) is 14.7. The number of fused-ring (bicyclic) bond motifs is 2. The molecule has 0 saturated heterocycles. The molecule has 190 valence electrons. The van der Waals surface area contributed by atoms with Gasteiger partial charge in [0, 0.05) is 23.6 Å². The molecule has 4 aromatic rings. The van der Waals surface area contributed by atoms with E-state index in [1.165, 1.54) is 16.9 Å². The average molecular weight is 518 g/mol. The van der Waals surface area contributed by atoms with E-state index in [-0.39, 0.29) is 30.7 Å². The van der Waals surface area contributed by atoms with Crippen LogP contribution in [0, 0.1) is 0 Å². The molecule has 5 rings (SSSR count). The van der Waals surface area contributed by atoms with Crippen LogP contribution in [0.5, 0.6) is 5.75 Å². The largest absolute Gasteiger partial charge is 0.490 e. The Balaban J connectivity index is 1.19. The molecule has 0 bridgehead atoms. The molecular formula is C28H27N3O5S. The Bertz CT molecular complexity index is 1510. The molecule has 1 aliphatic carbocycles. The third kappa shape index (κ3) is 5.56. The molecule has 2 amide bonds. The number of aromatic nitrogens is 1. The van der Waals surface area contributed by atoms with Gasteiger partial charge in [0.05, 0.1) is 23.9 Å². The van der Waals surface area contributed by atoms with Crippen molar-refractivity contribution in [1.29, 1.82) is 0 Å². The summed E-state index contributed by atoms with van der Waals surface area (Å²) in [7, 11) is 0. The summed E-state index contributed by atoms with van der Waals surface area (Å²) < 4.78 is 11.1. The molecule has 0 spiro atoms. The van der Waals surface area contributed by atoms with Crippen molar-refractivity contribution in [3.05, 3.63) is 75.5 Å². The third-order valence-electron chi connectivity index (χ3n) is 6.33. The van der Waals surface area contributed by atoms with Crippen molar-refractivity contribution in [2.24, 2.45) is 0 Å². The highest BCUT2D eigenvalue weighted by Gasteiger charge is 2.22. The van der Waals surface area contributed by atoms with Crippen molar-refractivity contribution in [2.75, 3.05) is 11.9 Å². The fourth-order valence-corrected chi connectivity index (χ4v) is 5.33. The number of para-hydroxylation sites is 1. The van der Waals surface area contributed by atoms with Gasteiger partial charge in [0.2, 0.25) is 11.8 Å². The summed E-state index contributed by atoms with van der Waals surface area (Å²) in [5.41, 5.74) is 2.98. The smallest absolute Gasteiger partial charge is 0.345 e. The Morgan fingerprint density at radius 1 is 1.14 bits per heavy atom. The Morgan fingerprint density at radius 2 is 1.97 bits per heavy atom. The number of ether oxygens (including phenoxy) is 1. The molecule has 0 fully saturated rings. The van der Waals surface area contributed by atoms with Crippen LogP contribution in [-0.4, -0.2) is 23.4 Å². The van der Waals surface area contributed by atoms with Crippen molar-refractivity contribution in [1.82, 2.24) is 10.3 Å². The number of anilines is 1. The van der Waals surface area contributed by atoms with Crippen LogP contribution in [0.15, 0.2) is 63.1 Å². The van der Waals surface area contributed by atoms with E-state index in [0.717, 1.165) is 24.8 Å². The highest BCUT2D eigenvalue weighted by Crippen LogP contribution is 2.30. The van der Waals surface area contributed by atoms with E-state index in [0.29, 0.717) is 39.7 Å². The predicted molar refractivity (Wildman–Crippen MR) is 143 cm³/mol. The summed E-state index contributed by atoms with van der Waals surface area (Å²) in [4.78, 5) is 42.0. The fourth-order valence-electron chi connectivity index (χ4n) is 4.60. The van der Waals surface area contributed by atoms with Crippen molar-refractivity contribution in [3.63, 3.8) is 0 Å². The average Bonchev–Trinajstić information content (AvgIpc) is 3.36. The molecule has 0 radical (unpaired) electrons. The maximum Gasteiger partial charge on any atom is 0.345 e. The number of carbonyl (C=O) groups is 2. The van der Waals surface area contributed by atoms with E-state index in [2.05, 4.69) is 27.8 Å². The molecule has 37 heavy (non-hydrogen) atoms. The molecule has 2 aromatic carbocycles. The fraction of sp³-hybridized carbons (Fsp3) is 0.286. The lowest BCUT2D eigenvalue weighted by atomic mass is 9.87. The van der Waals surface area contributed by atoms with E-state index < -0.39 is 5.63 Å². The Kier molecular flexibility index (Phi) is 7.32. The summed E-state index contributed by atoms with van der Waals surface area (Å²) in [5.74, 6) is 0.0375. The number of carbonyl (C=O) groups excluding carboxylic acids is 2. The summed E-state index contributed by atoms with van der Waals surface area (Å²) in [6.45, 7) is 2.31. The maximum atomic E-state index is 12.7. The minimum atomic E-state index is -0.538. The zero-order valence-electron chi connectivity index (χ0n) is 20.4. The minimum Gasteiger partial charge on any atom is -0.490 e. The number of nitrogens with one attached hydrogen (secondary N) is 2. The van der Waals surface area contributed by atoms with Gasteiger partial charge in [0.25, 0.3) is 0 Å². The lowest BCUT2D eigenvalue weighted by Crippen LogP contribution is -2.31. The van der Waals surface area contributed by atoms with Gasteiger partial charge in [-0.15, -0.1) is 11.3 Å². The van der Waals surface area contributed by atoms with Gasteiger partial charge in [-0.2, -0.15) is 0 Å². The lowest BCUT2D eigenvalue weighted by Gasteiger charge is -2.26. The number of benzene rings is 2. The molecule has 2 heterocycles. The molecule has 0 saturated carbocycles. The molecule has 2 N–H and O–H groups in total. The molecule has 2 aromatic heterocycles. The van der Waals surface area contributed by atoms with Gasteiger partial charge in [-0.05, 0) is 49.4 Å². The van der Waals surface area contributed by atoms with Crippen LogP contribution in [0.2, 0.25) is 0 Å². The first-order chi connectivity index (χ1) is 18.0. The van der Waals surface area contributed by atoms with Gasteiger partial charge in [-0.1, -0.05) is 36.4 Å². The maximum absolute atomic E-state index is 12.7. The van der Waals surface area contributed by atoms with Crippen LogP contribution in [-0.2, 0) is 16.0 Å². The van der Waals surface area contributed by atoms with E-state index >= 15 is 0 Å². The first-order valence-electron chi connectivity index (χ1n) is 12.3. The zero-order chi connectivity index (χ0) is 25.8. The number of hydrogen-bond donors (Lipinski definition) is 2. The molecule has 1 aliphatic rings. The van der Waals surface area contributed by atoms with E-state index in [1.54, 1.807) is 17.5 Å². The van der Waals surface area contributed by atoms with Crippen LogP contribution in [0.1, 0.15) is 49.8 Å². The second kappa shape index (κ2) is 11.0. The Labute approximate surface area is 217 Å². The van der Waals surface area contributed by atoms with Crippen molar-refractivity contribution >= 4 is 39.3 Å². The third-order valence-corrected chi connectivity index (χ3v) is 7.09. The number of nitrogens with zero attached hydrogens (tertiary/aromatic N) is 1. The summed E-state index contributed by atoms with van der Waals surface area (Å²) in [6, 6.07) is 15.3. The highest BCUT2D eigenvalue weighted by molar-refractivity contribution is 7.14. The summed E-state index contributed by atoms with van der Waals surface area (Å²) >= 11 is 1.20. The van der Waals surface area contributed by atoms with Crippen LogP contribution in [0.25, 0.3) is 22.2 Å². The number of amides is 2. The molecule has 9 heteroatoms. The Morgan fingerprint density at radius 3 is 2.84 bits per heavy atom. The standard InChI is InChI=1S/C28H27N3O5S/c1-2-35-23-12-6-9-18-15-20(27(34)36-26(18)23)22-16-37-28(30-22)31-25(33)14-13-24(32)29-21-11-5-8-17-7-3-4-10-19(17)21/h3-4,6-7,9-10,12,15-16,21H,2,5,8,11,13-14H2,1H3,(H,29,32)(H,30,31,33)/t21-/m0/s1. The van der Waals surface area contributed by atoms with Gasteiger partial charge in [-0.3, -0.25) is 9.59 Å². The second-order valence-electron chi connectivity index (χ2n) is 8.85. The van der Waals surface area contributed by atoms with Crippen molar-refractivity contribution in [2.45, 2.75) is 45.1 Å². The highest BCUT2D eigenvalue weighted by atomic mass is 32.1. The molecule has 0 unspecified atom stereocenters. The summed E-state index contributed by atoms with van der Waals surface area (Å²) in [5, 5.41) is 8.54. The van der Waals surface area contributed by atoms with Crippen LogP contribution < -0.4 is 21.0 Å². The Hall–Kier alpha value is -3.98. The number of aryl methyl sites for hydroxylation is 1. The van der Waals surface area contributed by atoms with Gasteiger partial charge >= 0.3 is 5.63 Å². The first-order valence-corrected chi connectivity index (χ1v) is 13.2. The van der Waals surface area contributed by atoms with Gasteiger partial charge in [-0.25, -0.2) is 9.78 Å². The molecular weight excluding hydrogens is 490 g/mol. The number of thiazole rings is 1. The molecule has 1 atom stereocenters. The van der Waals surface area contributed by atoms with Crippen LogP contribution in [0.4, 0.5) is 5.13 Å². The lowest BCUT2D eigenvalue weighted by molar-refractivity contribution is -0.125. The second-order valence-corrected chi connectivity index (χ2v) is 9.71. The van der Waals surface area contributed by atoms with Crippen LogP contribution >= 0.6 is 11.3 Å². The topological polar surface area (TPSA) is 111 Å². The van der Waals surface area contributed by atoms with Crippen LogP contribution in [0.3, 0.4) is 0 Å². The van der Waals surface area contributed by atoms with Crippen molar-refractivity contribution < 1.29 is 18.7 Å². The van der Waals surface area contributed by atoms with Gasteiger partial charge in [0.1, 0.15) is 0 Å². The zero-order valence-corrected chi connectivity index (χ0v) is 21.2. The van der Waals surface area contributed by atoms with Gasteiger partial charge in [0.15, 0.2) is 16.5 Å². The van der Waals surface area contributed by atoms with Gasteiger partial charge < -0.3 is 19.8 Å². The molecule has 0 aliphatic heterocycles. The van der Waals surface area contributed by atoms with Crippen molar-refractivity contribution in [3.8, 4) is 17.0 Å². The minimum absolute atomic E-state index is 0.0136. The predicted octanol–water partition coefficient (Wildman–Crippen LogP) is 5.23. The summed E-state index contributed by atoms with van der Waals surface area (Å²) in [6.07, 6.45) is 3.06. The number of hydrogen-bond acceptors (Lipinski definition) is 7. The SMILES string of the molecule is CCOc1cccc2cc(-c3csc(NC(=O)CCC(=O)N[C@H]4CCCc5ccccc54)n3)c(=O)oc12. The van der Waals surface area contributed by atoms with E-state index in [9.17, 15) is 14.4 Å². The monoisotopic (exact) mass is 517 g/mol. The quantitative estimate of drug-likeness (QED) is 0.310. The first kappa shape index (κ1) is 24.7.